The summed E-state index contributed by atoms with van der Waals surface area (Å²) in [4.78, 5) is 15.6. The van der Waals surface area contributed by atoms with Crippen LogP contribution in [0, 0.1) is 0 Å². The highest BCUT2D eigenvalue weighted by Crippen LogP contribution is 2.32. The van der Waals surface area contributed by atoms with E-state index in [2.05, 4.69) is 48.5 Å². The Bertz CT molecular complexity index is 1290. The molecule has 0 atom stereocenters. The smallest absolute Gasteiger partial charge is 0.161 e. The molecule has 5 heterocycles. The normalized spacial score (nSPS) is 14.8. The molecule has 0 saturated carbocycles. The van der Waals surface area contributed by atoms with Crippen LogP contribution in [0.3, 0.4) is 0 Å². The molecule has 0 bridgehead atoms. The fraction of sp³-hybridized carbons (Fsp3) is 0.238. The average molecular weight is 384 g/mol. The number of hydrogen-bond acceptors (Lipinski definition) is 5. The Labute approximate surface area is 166 Å². The molecule has 0 amide bonds. The van der Waals surface area contributed by atoms with Crippen molar-refractivity contribution < 1.29 is 0 Å². The molecule has 0 unspecified atom stereocenters. The van der Waals surface area contributed by atoms with E-state index >= 15 is 0 Å². The molecule has 3 N–H and O–H groups in total. The van der Waals surface area contributed by atoms with Gasteiger partial charge in [0.05, 0.1) is 28.6 Å². The minimum atomic E-state index is 0.728. The van der Waals surface area contributed by atoms with Crippen molar-refractivity contribution in [2.75, 3.05) is 18.0 Å². The van der Waals surface area contributed by atoms with Crippen LogP contribution in [0.4, 0.5) is 5.69 Å². The molecule has 1 aromatic carbocycles. The van der Waals surface area contributed by atoms with Crippen molar-refractivity contribution in [3.63, 3.8) is 0 Å². The quantitative estimate of drug-likeness (QED) is 0.438. The summed E-state index contributed by atoms with van der Waals surface area (Å²) in [6.45, 7) is 2.17. The zero-order valence-electron chi connectivity index (χ0n) is 15.8. The lowest BCUT2D eigenvalue weighted by Gasteiger charge is -2.28. The maximum Gasteiger partial charge on any atom is 0.161 e. The van der Waals surface area contributed by atoms with Gasteiger partial charge < -0.3 is 9.88 Å². The number of benzene rings is 1. The van der Waals surface area contributed by atoms with E-state index in [1.165, 1.54) is 24.9 Å². The number of aromatic nitrogens is 7. The van der Waals surface area contributed by atoms with Crippen molar-refractivity contribution in [2.45, 2.75) is 19.3 Å². The monoisotopic (exact) mass is 384 g/mol. The average Bonchev–Trinajstić information content (AvgIpc) is 3.52. The molecule has 1 fully saturated rings. The van der Waals surface area contributed by atoms with Gasteiger partial charge in [-0.05, 0) is 43.5 Å². The van der Waals surface area contributed by atoms with Gasteiger partial charge in [0.15, 0.2) is 11.5 Å². The van der Waals surface area contributed by atoms with Crippen LogP contribution < -0.4 is 4.90 Å². The van der Waals surface area contributed by atoms with Crippen molar-refractivity contribution in [2.24, 2.45) is 0 Å². The van der Waals surface area contributed by atoms with E-state index in [4.69, 9.17) is 9.97 Å². The molecule has 1 aliphatic heterocycles. The topological polar surface area (TPSA) is 102 Å². The molecule has 5 aromatic rings. The molecule has 4 aromatic heterocycles. The second-order valence-electron chi connectivity index (χ2n) is 7.46. The van der Waals surface area contributed by atoms with Gasteiger partial charge in [0, 0.05) is 24.8 Å². The Balaban J connectivity index is 1.48. The fourth-order valence-corrected chi connectivity index (χ4v) is 4.13. The molecule has 1 aliphatic rings. The first-order valence-corrected chi connectivity index (χ1v) is 9.95. The fourth-order valence-electron chi connectivity index (χ4n) is 4.13. The van der Waals surface area contributed by atoms with Crippen LogP contribution in [-0.2, 0) is 0 Å². The third-order valence-corrected chi connectivity index (χ3v) is 5.61. The minimum absolute atomic E-state index is 0.728. The van der Waals surface area contributed by atoms with E-state index in [-0.39, 0.29) is 0 Å². The summed E-state index contributed by atoms with van der Waals surface area (Å²) in [5.41, 5.74) is 7.39. The number of piperidine rings is 1. The first-order chi connectivity index (χ1) is 14.4. The number of nitrogens with zero attached hydrogens (tertiary/aromatic N) is 5. The number of anilines is 1. The standard InChI is InChI=1S/C21H20N8/c1-2-9-29(10-3-1)17-6-4-5-15-18(17)26-21(25-15)20-19-16(27-28-20)8-7-14(24-19)13-11-22-23-12-13/h4-8,11-12H,1-3,9-10H2,(H,22,23)(H,25,26)(H,27,28). The number of rotatable bonds is 3. The van der Waals surface area contributed by atoms with E-state index < -0.39 is 0 Å². The SMILES string of the molecule is c1cc(N2CCCCC2)c2nc(-c3n[nH]c4ccc(-c5cn[nH]c5)nc34)[nH]c2c1. The lowest BCUT2D eigenvalue weighted by molar-refractivity contribution is 0.579. The Kier molecular flexibility index (Phi) is 3.62. The third kappa shape index (κ3) is 2.67. The molecule has 0 aliphatic carbocycles. The summed E-state index contributed by atoms with van der Waals surface area (Å²) in [6.07, 6.45) is 7.37. The maximum absolute atomic E-state index is 4.93. The van der Waals surface area contributed by atoms with Crippen LogP contribution >= 0.6 is 0 Å². The highest BCUT2D eigenvalue weighted by Gasteiger charge is 2.19. The van der Waals surface area contributed by atoms with E-state index in [9.17, 15) is 0 Å². The zero-order valence-corrected chi connectivity index (χ0v) is 15.8. The first-order valence-electron chi connectivity index (χ1n) is 9.95. The molecule has 8 heteroatoms. The highest BCUT2D eigenvalue weighted by atomic mass is 15.2. The van der Waals surface area contributed by atoms with Crippen LogP contribution in [0.5, 0.6) is 0 Å². The van der Waals surface area contributed by atoms with Gasteiger partial charge in [-0.15, -0.1) is 0 Å². The van der Waals surface area contributed by atoms with Crippen molar-refractivity contribution in [1.29, 1.82) is 0 Å². The van der Waals surface area contributed by atoms with E-state index in [1.54, 1.807) is 6.20 Å². The van der Waals surface area contributed by atoms with E-state index in [0.717, 1.165) is 57.9 Å². The number of pyridine rings is 1. The lowest BCUT2D eigenvalue weighted by Crippen LogP contribution is -2.29. The van der Waals surface area contributed by atoms with Gasteiger partial charge in [-0.3, -0.25) is 10.2 Å². The van der Waals surface area contributed by atoms with Crippen molar-refractivity contribution in [1.82, 2.24) is 35.3 Å². The van der Waals surface area contributed by atoms with Crippen LogP contribution in [0.1, 0.15) is 19.3 Å². The van der Waals surface area contributed by atoms with Gasteiger partial charge in [-0.2, -0.15) is 10.2 Å². The van der Waals surface area contributed by atoms with Gasteiger partial charge in [-0.25, -0.2) is 9.97 Å². The second-order valence-corrected chi connectivity index (χ2v) is 7.46. The summed E-state index contributed by atoms with van der Waals surface area (Å²) in [7, 11) is 0. The number of nitrogens with one attached hydrogen (secondary N) is 3. The Morgan fingerprint density at radius 3 is 2.69 bits per heavy atom. The molecular weight excluding hydrogens is 364 g/mol. The lowest BCUT2D eigenvalue weighted by atomic mass is 10.1. The van der Waals surface area contributed by atoms with Crippen molar-refractivity contribution in [3.8, 4) is 22.8 Å². The molecule has 144 valence electrons. The van der Waals surface area contributed by atoms with Crippen LogP contribution in [-0.4, -0.2) is 48.4 Å². The van der Waals surface area contributed by atoms with Crippen molar-refractivity contribution >= 4 is 27.8 Å². The van der Waals surface area contributed by atoms with Crippen LogP contribution in [0.25, 0.3) is 44.8 Å². The summed E-state index contributed by atoms with van der Waals surface area (Å²) in [5, 5.41) is 14.4. The van der Waals surface area contributed by atoms with Gasteiger partial charge in [0.1, 0.15) is 11.0 Å². The molecule has 0 spiro atoms. The Morgan fingerprint density at radius 1 is 0.897 bits per heavy atom. The Hall–Kier alpha value is -3.68. The molecule has 29 heavy (non-hydrogen) atoms. The van der Waals surface area contributed by atoms with Crippen LogP contribution in [0.2, 0.25) is 0 Å². The predicted octanol–water partition coefficient (Wildman–Crippen LogP) is 3.88. The summed E-state index contributed by atoms with van der Waals surface area (Å²) >= 11 is 0. The third-order valence-electron chi connectivity index (χ3n) is 5.61. The minimum Gasteiger partial charge on any atom is -0.370 e. The number of para-hydroxylation sites is 1. The van der Waals surface area contributed by atoms with Gasteiger partial charge in [-0.1, -0.05) is 6.07 Å². The molecule has 1 saturated heterocycles. The molecule has 6 rings (SSSR count). The first kappa shape index (κ1) is 16.3. The molecule has 0 radical (unpaired) electrons. The van der Waals surface area contributed by atoms with E-state index in [1.807, 2.05) is 18.3 Å². The number of aromatic amines is 3. The van der Waals surface area contributed by atoms with Gasteiger partial charge >= 0.3 is 0 Å². The summed E-state index contributed by atoms with van der Waals surface area (Å²) < 4.78 is 0. The van der Waals surface area contributed by atoms with Crippen molar-refractivity contribution in [3.05, 3.63) is 42.7 Å². The Morgan fingerprint density at radius 2 is 1.83 bits per heavy atom. The van der Waals surface area contributed by atoms with Gasteiger partial charge in [0.2, 0.25) is 0 Å². The molecule has 8 nitrogen and oxygen atoms in total. The second kappa shape index (κ2) is 6.44. The number of fused-ring (bicyclic) bond motifs is 2. The summed E-state index contributed by atoms with van der Waals surface area (Å²) in [6, 6.07) is 10.3. The number of hydrogen-bond donors (Lipinski definition) is 3. The predicted molar refractivity (Wildman–Crippen MR) is 113 cm³/mol. The van der Waals surface area contributed by atoms with Gasteiger partial charge in [0.25, 0.3) is 0 Å². The highest BCUT2D eigenvalue weighted by molar-refractivity contribution is 5.95. The zero-order chi connectivity index (χ0) is 19.2. The molecular formula is C21H20N8. The summed E-state index contributed by atoms with van der Waals surface area (Å²) in [5.74, 6) is 0.729. The van der Waals surface area contributed by atoms with Crippen LogP contribution in [0.15, 0.2) is 42.7 Å². The number of H-pyrrole nitrogens is 3. The number of imidazole rings is 1. The largest absolute Gasteiger partial charge is 0.370 e. The van der Waals surface area contributed by atoms with E-state index in [0.29, 0.717) is 0 Å². The maximum atomic E-state index is 4.93.